The molecular formula is C10H22O5. The average Bonchev–Trinajstić information content (AvgIpc) is 2.24. The summed E-state index contributed by atoms with van der Waals surface area (Å²) in [5.41, 5.74) is 0. The van der Waals surface area contributed by atoms with Crippen LogP contribution < -0.4 is 0 Å². The Bertz CT molecular complexity index is 142. The summed E-state index contributed by atoms with van der Waals surface area (Å²) in [6.07, 6.45) is 1.37. The molecule has 2 N–H and O–H groups in total. The lowest BCUT2D eigenvalue weighted by atomic mass is 10.1. The number of methoxy groups -OCH3 is 1. The summed E-state index contributed by atoms with van der Waals surface area (Å²) in [5, 5.41) is 18.2. The van der Waals surface area contributed by atoms with E-state index in [9.17, 15) is 5.11 Å². The molecule has 0 aromatic rings. The fraction of sp³-hybridized carbons (Fsp3) is 1.00. The van der Waals surface area contributed by atoms with Gasteiger partial charge in [0.25, 0.3) is 0 Å². The van der Waals surface area contributed by atoms with E-state index in [4.69, 9.17) is 19.3 Å². The van der Waals surface area contributed by atoms with Crippen molar-refractivity contribution in [2.24, 2.45) is 0 Å². The van der Waals surface area contributed by atoms with E-state index >= 15 is 0 Å². The normalized spacial score (nSPS) is 15.2. The fourth-order valence-electron chi connectivity index (χ4n) is 1.14. The van der Waals surface area contributed by atoms with Gasteiger partial charge in [0, 0.05) is 13.5 Å². The molecule has 5 heteroatoms. The lowest BCUT2D eigenvalue weighted by Gasteiger charge is -2.25. The number of aliphatic hydroxyl groups excluding tert-OH is 1. The van der Waals surface area contributed by atoms with Crippen molar-refractivity contribution >= 4 is 0 Å². The summed E-state index contributed by atoms with van der Waals surface area (Å²) in [6.45, 7) is 3.22. The molecule has 15 heavy (non-hydrogen) atoms. The van der Waals surface area contributed by atoms with Crippen molar-refractivity contribution in [1.82, 2.24) is 0 Å². The molecule has 1 unspecified atom stereocenters. The van der Waals surface area contributed by atoms with Crippen LogP contribution in [0.25, 0.3) is 0 Å². The number of rotatable bonds is 10. The Morgan fingerprint density at radius 1 is 1.13 bits per heavy atom. The van der Waals surface area contributed by atoms with Crippen molar-refractivity contribution in [3.63, 3.8) is 0 Å². The van der Waals surface area contributed by atoms with Crippen LogP contribution in [0, 0.1) is 0 Å². The van der Waals surface area contributed by atoms with Gasteiger partial charge in [-0.05, 0) is 0 Å². The molecule has 0 aliphatic heterocycles. The number of hydrogen-bond acceptors (Lipinski definition) is 5. The first-order valence-corrected chi connectivity index (χ1v) is 5.22. The van der Waals surface area contributed by atoms with Gasteiger partial charge in [-0.25, -0.2) is 0 Å². The number of ether oxygens (including phenoxy) is 3. The molecule has 0 aliphatic rings. The van der Waals surface area contributed by atoms with E-state index in [-0.39, 0.29) is 13.2 Å². The number of hydrogen-bond donors (Lipinski definition) is 2. The molecule has 0 bridgehead atoms. The second-order valence-electron chi connectivity index (χ2n) is 3.29. The standard InChI is InChI=1S/C10H22O5/c1-3-4-10(12,13-2)9-15-8-7-14-6-5-11/h11-12H,3-9H2,1-2H3. The molecule has 0 aromatic carbocycles. The van der Waals surface area contributed by atoms with Gasteiger partial charge >= 0.3 is 0 Å². The maximum atomic E-state index is 9.79. The maximum absolute atomic E-state index is 9.79. The first-order chi connectivity index (χ1) is 7.18. The summed E-state index contributed by atoms with van der Waals surface area (Å²) in [6, 6.07) is 0. The Morgan fingerprint density at radius 2 is 1.80 bits per heavy atom. The maximum Gasteiger partial charge on any atom is 0.188 e. The molecule has 0 radical (unpaired) electrons. The van der Waals surface area contributed by atoms with Gasteiger partial charge in [0.05, 0.1) is 26.4 Å². The summed E-state index contributed by atoms with van der Waals surface area (Å²) < 4.78 is 15.2. The van der Waals surface area contributed by atoms with Crippen molar-refractivity contribution in [1.29, 1.82) is 0 Å². The van der Waals surface area contributed by atoms with Gasteiger partial charge in [-0.15, -0.1) is 0 Å². The Morgan fingerprint density at radius 3 is 2.33 bits per heavy atom. The van der Waals surface area contributed by atoms with E-state index < -0.39 is 5.79 Å². The molecule has 0 amide bonds. The highest BCUT2D eigenvalue weighted by Gasteiger charge is 2.25. The van der Waals surface area contributed by atoms with E-state index in [1.807, 2.05) is 6.92 Å². The molecule has 0 rings (SSSR count). The first kappa shape index (κ1) is 14.8. The molecule has 0 spiro atoms. The van der Waals surface area contributed by atoms with Crippen molar-refractivity contribution < 1.29 is 24.4 Å². The van der Waals surface area contributed by atoms with E-state index in [1.54, 1.807) is 0 Å². The van der Waals surface area contributed by atoms with Crippen LogP contribution in [-0.4, -0.2) is 56.1 Å². The minimum Gasteiger partial charge on any atom is -0.394 e. The summed E-state index contributed by atoms with van der Waals surface area (Å²) in [4.78, 5) is 0. The van der Waals surface area contributed by atoms with Gasteiger partial charge in [0.1, 0.15) is 6.61 Å². The van der Waals surface area contributed by atoms with Crippen LogP contribution in [-0.2, 0) is 14.2 Å². The van der Waals surface area contributed by atoms with Crippen LogP contribution in [0.5, 0.6) is 0 Å². The highest BCUT2D eigenvalue weighted by molar-refractivity contribution is 4.64. The van der Waals surface area contributed by atoms with Gasteiger partial charge in [-0.2, -0.15) is 0 Å². The predicted octanol–water partition coefficient (Wildman–Crippen LogP) is 0.147. The quantitative estimate of drug-likeness (QED) is 0.407. The average molecular weight is 222 g/mol. The monoisotopic (exact) mass is 222 g/mol. The van der Waals surface area contributed by atoms with Gasteiger partial charge in [0.15, 0.2) is 5.79 Å². The molecule has 92 valence electrons. The van der Waals surface area contributed by atoms with Gasteiger partial charge in [0.2, 0.25) is 0 Å². The Hall–Kier alpha value is -0.200. The smallest absolute Gasteiger partial charge is 0.188 e. The van der Waals surface area contributed by atoms with Crippen LogP contribution in [0.15, 0.2) is 0 Å². The van der Waals surface area contributed by atoms with Crippen LogP contribution >= 0.6 is 0 Å². The first-order valence-electron chi connectivity index (χ1n) is 5.22. The van der Waals surface area contributed by atoms with Crippen LogP contribution in [0.2, 0.25) is 0 Å². The summed E-state index contributed by atoms with van der Waals surface area (Å²) in [5.74, 6) is -1.19. The molecule has 0 heterocycles. The zero-order chi connectivity index (χ0) is 11.6. The second kappa shape index (κ2) is 9.06. The SMILES string of the molecule is CCCC(O)(COCCOCCO)OC. The van der Waals surface area contributed by atoms with E-state index in [1.165, 1.54) is 7.11 Å². The Balaban J connectivity index is 3.46. The van der Waals surface area contributed by atoms with Crippen molar-refractivity contribution in [3.05, 3.63) is 0 Å². The predicted molar refractivity (Wildman–Crippen MR) is 55.6 cm³/mol. The minimum atomic E-state index is -1.19. The highest BCUT2D eigenvalue weighted by atomic mass is 16.6. The molecule has 0 aliphatic carbocycles. The third-order valence-corrected chi connectivity index (χ3v) is 1.96. The van der Waals surface area contributed by atoms with E-state index in [2.05, 4.69) is 0 Å². The van der Waals surface area contributed by atoms with Crippen molar-refractivity contribution in [2.75, 3.05) is 40.1 Å². The van der Waals surface area contributed by atoms with Gasteiger partial charge in [-0.3, -0.25) is 0 Å². The molecular weight excluding hydrogens is 200 g/mol. The third kappa shape index (κ3) is 7.70. The zero-order valence-electron chi connectivity index (χ0n) is 9.57. The van der Waals surface area contributed by atoms with Crippen LogP contribution in [0.3, 0.4) is 0 Å². The Kier molecular flexibility index (Phi) is 8.94. The van der Waals surface area contributed by atoms with Crippen LogP contribution in [0.4, 0.5) is 0 Å². The van der Waals surface area contributed by atoms with E-state index in [0.717, 1.165) is 6.42 Å². The zero-order valence-corrected chi connectivity index (χ0v) is 9.57. The van der Waals surface area contributed by atoms with E-state index in [0.29, 0.717) is 26.2 Å². The largest absolute Gasteiger partial charge is 0.394 e. The fourth-order valence-corrected chi connectivity index (χ4v) is 1.14. The van der Waals surface area contributed by atoms with Crippen molar-refractivity contribution in [2.45, 2.75) is 25.6 Å². The lowest BCUT2D eigenvalue weighted by Crippen LogP contribution is -2.36. The summed E-state index contributed by atoms with van der Waals surface area (Å²) in [7, 11) is 1.46. The topological polar surface area (TPSA) is 68.2 Å². The second-order valence-corrected chi connectivity index (χ2v) is 3.29. The van der Waals surface area contributed by atoms with Gasteiger partial charge in [-0.1, -0.05) is 13.3 Å². The molecule has 1 atom stereocenters. The van der Waals surface area contributed by atoms with Gasteiger partial charge < -0.3 is 24.4 Å². The van der Waals surface area contributed by atoms with Crippen LogP contribution in [0.1, 0.15) is 19.8 Å². The molecule has 5 nitrogen and oxygen atoms in total. The van der Waals surface area contributed by atoms with Crippen molar-refractivity contribution in [3.8, 4) is 0 Å². The highest BCUT2D eigenvalue weighted by Crippen LogP contribution is 2.13. The third-order valence-electron chi connectivity index (χ3n) is 1.96. The molecule has 0 saturated carbocycles. The molecule has 0 aromatic heterocycles. The lowest BCUT2D eigenvalue weighted by molar-refractivity contribution is -0.222. The Labute approximate surface area is 91.0 Å². The number of aliphatic hydroxyl groups is 2. The summed E-state index contributed by atoms with van der Waals surface area (Å²) >= 11 is 0. The minimum absolute atomic E-state index is 0.0117. The molecule has 0 fully saturated rings. The molecule has 0 saturated heterocycles.